The number of pyridine rings is 1. The molecule has 2 atom stereocenters. The minimum Gasteiger partial charge on any atom is -0.382 e. The van der Waals surface area contributed by atoms with Crippen LogP contribution < -0.4 is 16.0 Å². The minimum absolute atomic E-state index is 0.0329. The molecule has 5 heterocycles. The van der Waals surface area contributed by atoms with Crippen LogP contribution in [0.5, 0.6) is 0 Å². The van der Waals surface area contributed by atoms with Gasteiger partial charge in [-0.1, -0.05) is 5.16 Å². The standard InChI is InChI=1S/C21H18N8O6S/c22-19-12-9-15-13(10-14(12)35-26-19)24-20(27-36(15,32)33)17(30)18-21(31)28(7-8-34-18)16-3-6-29(25-16)11-1-4-23-5-2-11/h1-6,9-10,17-18,30H,7-8H2,(H2,22,26)(H,24,27)/t17-,18?/m1/s1. The molecule has 2 aliphatic rings. The smallest absolute Gasteiger partial charge is 0.286 e. The molecular weight excluding hydrogens is 492 g/mol. The van der Waals surface area contributed by atoms with E-state index in [2.05, 4.69) is 25.0 Å². The Balaban J connectivity index is 1.28. The molecule has 14 nitrogen and oxygen atoms in total. The number of hydrogen-bond acceptors (Lipinski definition) is 11. The Morgan fingerprint density at radius 2 is 2.03 bits per heavy atom. The summed E-state index contributed by atoms with van der Waals surface area (Å²) in [6.45, 7) is 0.283. The van der Waals surface area contributed by atoms with Gasteiger partial charge in [0.15, 0.2) is 29.2 Å². The van der Waals surface area contributed by atoms with Crippen LogP contribution in [0.2, 0.25) is 0 Å². The number of benzene rings is 1. The maximum Gasteiger partial charge on any atom is 0.286 e. The number of aliphatic hydroxyl groups is 1. The molecule has 1 aromatic carbocycles. The highest BCUT2D eigenvalue weighted by molar-refractivity contribution is 7.90. The lowest BCUT2D eigenvalue weighted by Gasteiger charge is -2.34. The third-order valence-electron chi connectivity index (χ3n) is 5.83. The second kappa shape index (κ2) is 8.11. The summed E-state index contributed by atoms with van der Waals surface area (Å²) < 4.78 is 41.6. The zero-order chi connectivity index (χ0) is 25.0. The monoisotopic (exact) mass is 510 g/mol. The third-order valence-corrected chi connectivity index (χ3v) is 7.16. The van der Waals surface area contributed by atoms with E-state index in [1.165, 1.54) is 17.0 Å². The zero-order valence-corrected chi connectivity index (χ0v) is 19.2. The lowest BCUT2D eigenvalue weighted by atomic mass is 10.1. The van der Waals surface area contributed by atoms with Crippen LogP contribution in [0, 0.1) is 0 Å². The number of amidine groups is 1. The van der Waals surface area contributed by atoms with Crippen molar-refractivity contribution in [2.24, 2.45) is 4.40 Å². The Bertz CT molecular complexity index is 1630. The maximum absolute atomic E-state index is 13.3. The van der Waals surface area contributed by atoms with E-state index in [0.717, 1.165) is 5.69 Å². The Morgan fingerprint density at radius 1 is 1.22 bits per heavy atom. The number of carbonyl (C=O) groups excluding carboxylic acids is 1. The maximum atomic E-state index is 13.3. The number of nitrogen functional groups attached to an aromatic ring is 1. The molecule has 36 heavy (non-hydrogen) atoms. The van der Waals surface area contributed by atoms with Gasteiger partial charge in [-0.25, -0.2) is 4.68 Å². The van der Waals surface area contributed by atoms with Crippen molar-refractivity contribution in [2.45, 2.75) is 17.1 Å². The molecule has 1 fully saturated rings. The Hall–Kier alpha value is -4.34. The molecular formula is C21H18N8O6S. The SMILES string of the molecule is Nc1noc2cc3c(cc12)S(=O)(=O)N=C([C@H](O)C1OCCN(c2ccn(-c4ccncc4)n2)C1=O)N3. The van der Waals surface area contributed by atoms with Crippen LogP contribution in [-0.2, 0) is 19.6 Å². The molecule has 1 unspecified atom stereocenters. The molecule has 0 bridgehead atoms. The van der Waals surface area contributed by atoms with Crippen LogP contribution in [0.3, 0.4) is 0 Å². The molecule has 4 N–H and O–H groups in total. The van der Waals surface area contributed by atoms with Gasteiger partial charge >= 0.3 is 0 Å². The largest absolute Gasteiger partial charge is 0.382 e. The summed E-state index contributed by atoms with van der Waals surface area (Å²) in [7, 11) is -4.23. The average molecular weight is 510 g/mol. The number of nitrogens with two attached hydrogens (primary N) is 1. The predicted octanol–water partition coefficient (Wildman–Crippen LogP) is 0.296. The first-order valence-electron chi connectivity index (χ1n) is 10.7. The van der Waals surface area contributed by atoms with E-state index in [9.17, 15) is 18.3 Å². The van der Waals surface area contributed by atoms with Gasteiger partial charge in [0.05, 0.1) is 29.9 Å². The fraction of sp³-hybridized carbons (Fsp3) is 0.190. The summed E-state index contributed by atoms with van der Waals surface area (Å²) in [5.41, 5.74) is 6.81. The normalized spacial score (nSPS) is 20.0. The zero-order valence-electron chi connectivity index (χ0n) is 18.3. The second-order valence-corrected chi connectivity index (χ2v) is 9.61. The summed E-state index contributed by atoms with van der Waals surface area (Å²) in [6, 6.07) is 7.84. The number of nitrogens with zero attached hydrogens (tertiary/aromatic N) is 6. The number of hydrogen-bond donors (Lipinski definition) is 3. The van der Waals surface area contributed by atoms with E-state index in [1.807, 2.05) is 0 Å². The lowest BCUT2D eigenvalue weighted by Crippen LogP contribution is -2.56. The van der Waals surface area contributed by atoms with E-state index >= 15 is 0 Å². The van der Waals surface area contributed by atoms with Gasteiger partial charge in [0, 0.05) is 30.7 Å². The number of aliphatic hydroxyl groups excluding tert-OH is 1. The third kappa shape index (κ3) is 3.57. The molecule has 4 aromatic rings. The quantitative estimate of drug-likeness (QED) is 0.342. The molecule has 0 saturated carbocycles. The van der Waals surface area contributed by atoms with Crippen molar-refractivity contribution >= 4 is 50.1 Å². The number of rotatable bonds is 4. The molecule has 2 aliphatic heterocycles. The van der Waals surface area contributed by atoms with Crippen LogP contribution in [0.1, 0.15) is 0 Å². The number of morpholine rings is 1. The van der Waals surface area contributed by atoms with Crippen molar-refractivity contribution in [3.8, 4) is 5.69 Å². The highest BCUT2D eigenvalue weighted by Gasteiger charge is 2.41. The van der Waals surface area contributed by atoms with Crippen LogP contribution in [0.15, 0.2) is 62.7 Å². The minimum atomic E-state index is -4.23. The summed E-state index contributed by atoms with van der Waals surface area (Å²) in [4.78, 5) is 18.4. The molecule has 3 aromatic heterocycles. The van der Waals surface area contributed by atoms with Crippen LogP contribution >= 0.6 is 0 Å². The predicted molar refractivity (Wildman–Crippen MR) is 126 cm³/mol. The molecule has 0 aliphatic carbocycles. The van der Waals surface area contributed by atoms with Crippen molar-refractivity contribution in [3.63, 3.8) is 0 Å². The molecule has 0 radical (unpaired) electrons. The van der Waals surface area contributed by atoms with Gasteiger partial charge in [-0.05, 0) is 18.2 Å². The van der Waals surface area contributed by atoms with Gasteiger partial charge in [-0.3, -0.25) is 14.7 Å². The van der Waals surface area contributed by atoms with Crippen molar-refractivity contribution in [3.05, 3.63) is 48.9 Å². The number of amides is 1. The number of carbonyl (C=O) groups is 1. The van der Waals surface area contributed by atoms with E-state index in [1.54, 1.807) is 41.5 Å². The number of ether oxygens (including phenoxy) is 1. The average Bonchev–Trinajstić information content (AvgIpc) is 3.50. The summed E-state index contributed by atoms with van der Waals surface area (Å²) in [6.07, 6.45) is 1.80. The number of aromatic nitrogens is 4. The van der Waals surface area contributed by atoms with E-state index in [4.69, 9.17) is 15.0 Å². The van der Waals surface area contributed by atoms with Crippen LogP contribution in [-0.4, -0.2) is 70.5 Å². The molecule has 6 rings (SSSR count). The molecule has 1 amide bonds. The number of nitrogens with one attached hydrogen (secondary N) is 1. The van der Waals surface area contributed by atoms with Crippen LogP contribution in [0.25, 0.3) is 16.7 Å². The number of sulfonamides is 1. The first-order chi connectivity index (χ1) is 17.3. The number of fused-ring (bicyclic) bond motifs is 2. The number of anilines is 3. The fourth-order valence-corrected chi connectivity index (χ4v) is 5.23. The summed E-state index contributed by atoms with van der Waals surface area (Å²) >= 11 is 0. The van der Waals surface area contributed by atoms with Gasteiger partial charge < -0.3 is 25.4 Å². The highest BCUT2D eigenvalue weighted by atomic mass is 32.2. The van der Waals surface area contributed by atoms with Crippen molar-refractivity contribution < 1.29 is 27.6 Å². The molecule has 184 valence electrons. The van der Waals surface area contributed by atoms with Gasteiger partial charge in [0.2, 0.25) is 0 Å². The van der Waals surface area contributed by atoms with E-state index < -0.39 is 28.1 Å². The molecule has 15 heteroatoms. The topological polar surface area (TPSA) is 191 Å². The second-order valence-electron chi connectivity index (χ2n) is 8.04. The molecule has 0 spiro atoms. The lowest BCUT2D eigenvalue weighted by molar-refractivity contribution is -0.139. The van der Waals surface area contributed by atoms with Gasteiger partial charge in [-0.15, -0.1) is 9.50 Å². The first-order valence-corrected chi connectivity index (χ1v) is 12.1. The Kier molecular flexibility index (Phi) is 4.99. The van der Waals surface area contributed by atoms with Gasteiger partial charge in [0.25, 0.3) is 15.9 Å². The Morgan fingerprint density at radius 3 is 2.83 bits per heavy atom. The van der Waals surface area contributed by atoms with Crippen LogP contribution in [0.4, 0.5) is 17.3 Å². The van der Waals surface area contributed by atoms with Gasteiger partial charge in [0.1, 0.15) is 11.0 Å². The summed E-state index contributed by atoms with van der Waals surface area (Å²) in [5, 5.41) is 22.1. The first kappa shape index (κ1) is 22.1. The highest BCUT2D eigenvalue weighted by Crippen LogP contribution is 2.34. The molecule has 1 saturated heterocycles. The van der Waals surface area contributed by atoms with Crippen molar-refractivity contribution in [1.82, 2.24) is 19.9 Å². The van der Waals surface area contributed by atoms with Crippen molar-refractivity contribution in [1.29, 1.82) is 0 Å². The van der Waals surface area contributed by atoms with E-state index in [0.29, 0.717) is 11.2 Å². The summed E-state index contributed by atoms with van der Waals surface area (Å²) in [5.74, 6) is -0.582. The van der Waals surface area contributed by atoms with Crippen molar-refractivity contribution in [2.75, 3.05) is 29.1 Å². The Labute approximate surface area is 203 Å². The van der Waals surface area contributed by atoms with Gasteiger partial charge in [-0.2, -0.15) is 8.42 Å². The van der Waals surface area contributed by atoms with E-state index in [-0.39, 0.29) is 41.0 Å². The fourth-order valence-electron chi connectivity index (χ4n) is 4.06.